The summed E-state index contributed by atoms with van der Waals surface area (Å²) in [5.74, 6) is 0.357. The number of amides is 1. The lowest BCUT2D eigenvalue weighted by Crippen LogP contribution is -2.18. The Hall–Kier alpha value is -3.68. The van der Waals surface area contributed by atoms with Gasteiger partial charge < -0.3 is 20.5 Å². The standard InChI is InChI=1S/C19H21N5O3/c1-12(13-6-5-9-22-11-13)23-17(18(20)21-2)19(25)24-15-10-14(26-3)7-8-16(15)27-4/h5-11H,2,20H2,1,3-4H3,(H,24,25)/b18-17-,23-12+. The summed E-state index contributed by atoms with van der Waals surface area (Å²) in [4.78, 5) is 24.8. The highest BCUT2D eigenvalue weighted by atomic mass is 16.5. The molecule has 1 amide bonds. The monoisotopic (exact) mass is 367 g/mol. The molecule has 8 heteroatoms. The van der Waals surface area contributed by atoms with Crippen LogP contribution in [-0.4, -0.2) is 37.5 Å². The van der Waals surface area contributed by atoms with E-state index >= 15 is 0 Å². The van der Waals surface area contributed by atoms with E-state index in [4.69, 9.17) is 15.2 Å². The molecular formula is C19H21N5O3. The van der Waals surface area contributed by atoms with E-state index < -0.39 is 5.91 Å². The van der Waals surface area contributed by atoms with E-state index in [1.54, 1.807) is 43.6 Å². The van der Waals surface area contributed by atoms with Gasteiger partial charge in [0, 0.05) is 29.7 Å². The number of methoxy groups -OCH3 is 2. The predicted molar refractivity (Wildman–Crippen MR) is 105 cm³/mol. The molecule has 0 aliphatic carbocycles. The summed E-state index contributed by atoms with van der Waals surface area (Å²) in [5, 5.41) is 2.72. The quantitative estimate of drug-likeness (QED) is 0.576. The van der Waals surface area contributed by atoms with Gasteiger partial charge in [-0.2, -0.15) is 0 Å². The summed E-state index contributed by atoms with van der Waals surface area (Å²) < 4.78 is 10.4. The van der Waals surface area contributed by atoms with Gasteiger partial charge in [0.2, 0.25) is 0 Å². The molecule has 1 aromatic carbocycles. The highest BCUT2D eigenvalue weighted by Crippen LogP contribution is 2.29. The molecule has 8 nitrogen and oxygen atoms in total. The van der Waals surface area contributed by atoms with Gasteiger partial charge in [-0.1, -0.05) is 6.07 Å². The van der Waals surface area contributed by atoms with E-state index in [0.29, 0.717) is 22.9 Å². The van der Waals surface area contributed by atoms with E-state index in [-0.39, 0.29) is 11.5 Å². The Morgan fingerprint density at radius 3 is 2.63 bits per heavy atom. The van der Waals surface area contributed by atoms with Gasteiger partial charge in [0.25, 0.3) is 5.91 Å². The molecule has 0 spiro atoms. The van der Waals surface area contributed by atoms with Gasteiger partial charge in [0.1, 0.15) is 11.5 Å². The molecule has 0 fully saturated rings. The van der Waals surface area contributed by atoms with E-state index in [1.807, 2.05) is 6.07 Å². The van der Waals surface area contributed by atoms with Crippen LogP contribution < -0.4 is 20.5 Å². The molecule has 2 aromatic rings. The topological polar surface area (TPSA) is 111 Å². The number of ether oxygens (including phenoxy) is 2. The maximum absolute atomic E-state index is 12.8. The molecule has 0 aliphatic rings. The first-order valence-electron chi connectivity index (χ1n) is 7.95. The molecule has 3 N–H and O–H groups in total. The van der Waals surface area contributed by atoms with Crippen molar-refractivity contribution in [3.05, 3.63) is 59.8 Å². The first-order valence-corrected chi connectivity index (χ1v) is 7.95. The van der Waals surface area contributed by atoms with Crippen LogP contribution in [0.4, 0.5) is 5.69 Å². The van der Waals surface area contributed by atoms with Crippen LogP contribution in [0.25, 0.3) is 0 Å². The van der Waals surface area contributed by atoms with Crippen molar-refractivity contribution >= 4 is 24.0 Å². The van der Waals surface area contributed by atoms with Crippen molar-refractivity contribution in [2.75, 3.05) is 19.5 Å². The van der Waals surface area contributed by atoms with Gasteiger partial charge >= 0.3 is 0 Å². The van der Waals surface area contributed by atoms with Crippen molar-refractivity contribution in [2.24, 2.45) is 15.7 Å². The summed E-state index contributed by atoms with van der Waals surface area (Å²) in [6, 6.07) is 8.62. The number of pyridine rings is 1. The van der Waals surface area contributed by atoms with Crippen molar-refractivity contribution in [3.8, 4) is 11.5 Å². The summed E-state index contributed by atoms with van der Waals surface area (Å²) in [6.07, 6.45) is 3.28. The smallest absolute Gasteiger partial charge is 0.278 e. The number of nitrogens with one attached hydrogen (secondary N) is 1. The van der Waals surface area contributed by atoms with Crippen molar-refractivity contribution in [2.45, 2.75) is 6.92 Å². The van der Waals surface area contributed by atoms with Gasteiger partial charge in [-0.05, 0) is 31.8 Å². The lowest BCUT2D eigenvalue weighted by molar-refractivity contribution is -0.112. The van der Waals surface area contributed by atoms with Crippen LogP contribution >= 0.6 is 0 Å². The number of carbonyl (C=O) groups is 1. The van der Waals surface area contributed by atoms with Crippen molar-refractivity contribution < 1.29 is 14.3 Å². The molecule has 0 atom stereocenters. The normalized spacial score (nSPS) is 12.0. The van der Waals surface area contributed by atoms with Gasteiger partial charge in [0.05, 0.1) is 19.9 Å². The Bertz CT molecular complexity index is 891. The van der Waals surface area contributed by atoms with E-state index in [0.717, 1.165) is 5.56 Å². The first-order chi connectivity index (χ1) is 13.0. The average molecular weight is 367 g/mol. The Labute approximate surface area is 157 Å². The van der Waals surface area contributed by atoms with E-state index in [2.05, 4.69) is 27.0 Å². The van der Waals surface area contributed by atoms with Crippen molar-refractivity contribution in [1.82, 2.24) is 4.98 Å². The van der Waals surface area contributed by atoms with Crippen LogP contribution in [0.5, 0.6) is 11.5 Å². The second kappa shape index (κ2) is 9.14. The summed E-state index contributed by atoms with van der Waals surface area (Å²) in [6.45, 7) is 5.12. The largest absolute Gasteiger partial charge is 0.497 e. The van der Waals surface area contributed by atoms with Crippen LogP contribution in [-0.2, 0) is 4.79 Å². The van der Waals surface area contributed by atoms with E-state index in [1.165, 1.54) is 14.2 Å². The molecule has 2 rings (SSSR count). The number of nitrogens with zero attached hydrogens (tertiary/aromatic N) is 3. The lowest BCUT2D eigenvalue weighted by atomic mass is 10.2. The Morgan fingerprint density at radius 1 is 1.26 bits per heavy atom. The van der Waals surface area contributed by atoms with E-state index in [9.17, 15) is 4.79 Å². The second-order valence-corrected chi connectivity index (χ2v) is 5.35. The number of rotatable bonds is 7. The number of benzene rings is 1. The first kappa shape index (κ1) is 19.6. The molecule has 0 radical (unpaired) electrons. The number of aliphatic imine (C=N–C) groups is 2. The zero-order valence-electron chi connectivity index (χ0n) is 15.4. The third kappa shape index (κ3) is 4.91. The van der Waals surface area contributed by atoms with Crippen LogP contribution in [0.1, 0.15) is 12.5 Å². The number of hydrogen-bond donors (Lipinski definition) is 2. The summed E-state index contributed by atoms with van der Waals surface area (Å²) in [5.41, 5.74) is 7.47. The minimum Gasteiger partial charge on any atom is -0.497 e. The fourth-order valence-electron chi connectivity index (χ4n) is 2.20. The Kier molecular flexibility index (Phi) is 6.65. The maximum atomic E-state index is 12.8. The third-order valence-corrected chi connectivity index (χ3v) is 3.64. The lowest BCUT2D eigenvalue weighted by Gasteiger charge is -2.12. The van der Waals surface area contributed by atoms with Crippen molar-refractivity contribution in [1.29, 1.82) is 0 Å². The molecule has 0 aliphatic heterocycles. The summed E-state index contributed by atoms with van der Waals surface area (Å²) >= 11 is 0. The van der Waals surface area contributed by atoms with Crippen LogP contribution in [0.2, 0.25) is 0 Å². The molecule has 0 saturated carbocycles. The highest BCUT2D eigenvalue weighted by molar-refractivity contribution is 6.08. The van der Waals surface area contributed by atoms with Gasteiger partial charge in [0.15, 0.2) is 11.5 Å². The highest BCUT2D eigenvalue weighted by Gasteiger charge is 2.17. The zero-order chi connectivity index (χ0) is 19.8. The van der Waals surface area contributed by atoms with Gasteiger partial charge in [-0.25, -0.2) is 9.98 Å². The Morgan fingerprint density at radius 2 is 2.04 bits per heavy atom. The van der Waals surface area contributed by atoms with Gasteiger partial charge in [-0.15, -0.1) is 0 Å². The van der Waals surface area contributed by atoms with Crippen LogP contribution in [0.3, 0.4) is 0 Å². The average Bonchev–Trinajstić information content (AvgIpc) is 2.71. The second-order valence-electron chi connectivity index (χ2n) is 5.35. The minimum absolute atomic E-state index is 0.0729. The molecular weight excluding hydrogens is 346 g/mol. The molecule has 1 heterocycles. The predicted octanol–water partition coefficient (Wildman–Crippen LogP) is 2.37. The van der Waals surface area contributed by atoms with Crippen molar-refractivity contribution in [3.63, 3.8) is 0 Å². The fraction of sp³-hybridized carbons (Fsp3) is 0.158. The fourth-order valence-corrected chi connectivity index (χ4v) is 2.20. The molecule has 0 unspecified atom stereocenters. The number of anilines is 1. The third-order valence-electron chi connectivity index (χ3n) is 3.64. The molecule has 0 saturated heterocycles. The minimum atomic E-state index is -0.560. The zero-order valence-corrected chi connectivity index (χ0v) is 15.4. The van der Waals surface area contributed by atoms with Crippen LogP contribution in [0.15, 0.2) is 64.2 Å². The number of aromatic nitrogens is 1. The molecule has 27 heavy (non-hydrogen) atoms. The SMILES string of the molecule is C=N/C(N)=C(\N=C(/C)c1cccnc1)C(=O)Nc1cc(OC)ccc1OC. The number of carbonyl (C=O) groups excluding carboxylic acids is 1. The number of nitrogens with two attached hydrogens (primary N) is 1. The molecule has 1 aromatic heterocycles. The maximum Gasteiger partial charge on any atom is 0.278 e. The number of hydrogen-bond acceptors (Lipinski definition) is 7. The van der Waals surface area contributed by atoms with Crippen LogP contribution in [0, 0.1) is 0 Å². The summed E-state index contributed by atoms with van der Waals surface area (Å²) in [7, 11) is 3.03. The molecule has 0 bridgehead atoms. The molecule has 140 valence electrons. The van der Waals surface area contributed by atoms with Gasteiger partial charge in [-0.3, -0.25) is 9.78 Å². The Balaban J connectivity index is 2.39.